The Morgan fingerprint density at radius 2 is 1.96 bits per heavy atom. The van der Waals surface area contributed by atoms with Gasteiger partial charge in [0.15, 0.2) is 5.82 Å². The molecule has 1 amide bonds. The number of piperidine rings is 1. The van der Waals surface area contributed by atoms with Crippen molar-refractivity contribution in [3.05, 3.63) is 47.7 Å². The highest BCUT2D eigenvalue weighted by Gasteiger charge is 2.31. The predicted octanol–water partition coefficient (Wildman–Crippen LogP) is 2.16. The van der Waals surface area contributed by atoms with E-state index in [1.54, 1.807) is 25.1 Å². The number of carbonyl (C=O) groups excluding carboxylic acids is 1. The Kier molecular flexibility index (Phi) is 5.19. The number of nitrogens with one attached hydrogen (secondary N) is 1. The number of sulfonamides is 1. The number of nitrogens with zero attached hydrogens (tertiary/aromatic N) is 2. The minimum atomic E-state index is -3.37. The summed E-state index contributed by atoms with van der Waals surface area (Å²) >= 11 is 0. The molecule has 2 aromatic rings. The summed E-state index contributed by atoms with van der Waals surface area (Å²) in [6.45, 7) is 2.45. The summed E-state index contributed by atoms with van der Waals surface area (Å²) in [7, 11) is -3.37. The zero-order valence-corrected chi connectivity index (χ0v) is 14.8. The van der Waals surface area contributed by atoms with Crippen LogP contribution in [-0.4, -0.2) is 36.9 Å². The van der Waals surface area contributed by atoms with Gasteiger partial charge in [-0.3, -0.25) is 4.79 Å². The van der Waals surface area contributed by atoms with Gasteiger partial charge in [-0.2, -0.15) is 0 Å². The van der Waals surface area contributed by atoms with Gasteiger partial charge in [-0.1, -0.05) is 35.5 Å². The van der Waals surface area contributed by atoms with Gasteiger partial charge in [-0.25, -0.2) is 12.7 Å². The molecule has 3 rings (SSSR count). The Bertz CT molecular complexity index is 825. The average Bonchev–Trinajstić information content (AvgIpc) is 3.00. The Morgan fingerprint density at radius 1 is 1.28 bits per heavy atom. The van der Waals surface area contributed by atoms with Crippen LogP contribution in [0.4, 0.5) is 5.82 Å². The van der Waals surface area contributed by atoms with Crippen molar-refractivity contribution in [3.63, 3.8) is 0 Å². The molecule has 1 N–H and O–H groups in total. The van der Waals surface area contributed by atoms with Gasteiger partial charge in [0, 0.05) is 25.1 Å². The van der Waals surface area contributed by atoms with Gasteiger partial charge in [0.1, 0.15) is 5.76 Å². The zero-order chi connectivity index (χ0) is 17.9. The van der Waals surface area contributed by atoms with E-state index in [-0.39, 0.29) is 17.6 Å². The number of rotatable bonds is 5. The van der Waals surface area contributed by atoms with E-state index in [1.807, 2.05) is 18.2 Å². The Morgan fingerprint density at radius 3 is 2.56 bits per heavy atom. The maximum atomic E-state index is 12.5. The third kappa shape index (κ3) is 4.46. The molecule has 0 spiro atoms. The van der Waals surface area contributed by atoms with E-state index in [0.717, 1.165) is 5.56 Å². The van der Waals surface area contributed by atoms with Crippen LogP contribution >= 0.6 is 0 Å². The van der Waals surface area contributed by atoms with E-state index in [2.05, 4.69) is 10.5 Å². The van der Waals surface area contributed by atoms with Gasteiger partial charge in [0.05, 0.1) is 5.75 Å². The average molecular weight is 363 g/mol. The van der Waals surface area contributed by atoms with Crippen LogP contribution in [0.15, 0.2) is 40.9 Å². The quantitative estimate of drug-likeness (QED) is 0.879. The van der Waals surface area contributed by atoms with Crippen molar-refractivity contribution < 1.29 is 17.7 Å². The first-order chi connectivity index (χ1) is 11.9. The number of benzene rings is 1. The lowest BCUT2D eigenvalue weighted by Crippen LogP contribution is -2.41. The van der Waals surface area contributed by atoms with E-state index in [0.29, 0.717) is 37.5 Å². The molecule has 1 aliphatic rings. The van der Waals surface area contributed by atoms with Crippen LogP contribution in [0.1, 0.15) is 24.2 Å². The van der Waals surface area contributed by atoms with Crippen LogP contribution in [0, 0.1) is 12.8 Å². The summed E-state index contributed by atoms with van der Waals surface area (Å²) in [4.78, 5) is 12.3. The maximum absolute atomic E-state index is 12.5. The second kappa shape index (κ2) is 7.37. The standard InChI is InChI=1S/C17H21N3O4S/c1-13-11-16(19-24-13)18-17(21)15-7-9-20(10-8-15)25(22,23)12-14-5-3-2-4-6-14/h2-6,11,15H,7-10,12H2,1H3,(H,18,19,21). The Hall–Kier alpha value is -2.19. The minimum absolute atomic E-state index is 0.0110. The summed E-state index contributed by atoms with van der Waals surface area (Å²) in [6.07, 6.45) is 0.993. The van der Waals surface area contributed by atoms with E-state index in [4.69, 9.17) is 4.52 Å². The molecule has 0 bridgehead atoms. The number of carbonyl (C=O) groups is 1. The number of aromatic nitrogens is 1. The molecule has 0 atom stereocenters. The third-order valence-corrected chi connectivity index (χ3v) is 6.14. The van der Waals surface area contributed by atoms with Crippen LogP contribution in [0.3, 0.4) is 0 Å². The lowest BCUT2D eigenvalue weighted by atomic mass is 9.97. The SMILES string of the molecule is Cc1cc(NC(=O)C2CCN(S(=O)(=O)Cc3ccccc3)CC2)no1. The van der Waals surface area contributed by atoms with Crippen molar-refractivity contribution >= 4 is 21.7 Å². The summed E-state index contributed by atoms with van der Waals surface area (Å²) < 4.78 is 31.5. The molecule has 2 heterocycles. The van der Waals surface area contributed by atoms with Crippen LogP contribution in [0.25, 0.3) is 0 Å². The first-order valence-corrected chi connectivity index (χ1v) is 9.81. The van der Waals surface area contributed by atoms with Crippen molar-refractivity contribution in [3.8, 4) is 0 Å². The highest BCUT2D eigenvalue weighted by molar-refractivity contribution is 7.88. The van der Waals surface area contributed by atoms with Crippen LogP contribution in [0.2, 0.25) is 0 Å². The van der Waals surface area contributed by atoms with Crippen molar-refractivity contribution in [2.24, 2.45) is 5.92 Å². The first kappa shape index (κ1) is 17.6. The first-order valence-electron chi connectivity index (χ1n) is 8.20. The topological polar surface area (TPSA) is 92.5 Å². The second-order valence-corrected chi connectivity index (χ2v) is 8.20. The van der Waals surface area contributed by atoms with Crippen molar-refractivity contribution in [2.75, 3.05) is 18.4 Å². The highest BCUT2D eigenvalue weighted by atomic mass is 32.2. The molecule has 0 saturated carbocycles. The molecule has 25 heavy (non-hydrogen) atoms. The zero-order valence-electron chi connectivity index (χ0n) is 14.0. The fourth-order valence-corrected chi connectivity index (χ4v) is 4.49. The lowest BCUT2D eigenvalue weighted by Gasteiger charge is -2.30. The number of hydrogen-bond acceptors (Lipinski definition) is 5. The second-order valence-electron chi connectivity index (χ2n) is 6.23. The van der Waals surface area contributed by atoms with Gasteiger partial charge in [0.2, 0.25) is 15.9 Å². The molecule has 1 fully saturated rings. The third-order valence-electron chi connectivity index (χ3n) is 4.29. The maximum Gasteiger partial charge on any atom is 0.228 e. The fraction of sp³-hybridized carbons (Fsp3) is 0.412. The number of amides is 1. The van der Waals surface area contributed by atoms with Gasteiger partial charge < -0.3 is 9.84 Å². The van der Waals surface area contributed by atoms with Crippen LogP contribution in [0.5, 0.6) is 0 Å². The Balaban J connectivity index is 1.55. The van der Waals surface area contributed by atoms with E-state index in [1.165, 1.54) is 4.31 Å². The molecule has 7 nitrogen and oxygen atoms in total. The van der Waals surface area contributed by atoms with Gasteiger partial charge >= 0.3 is 0 Å². The van der Waals surface area contributed by atoms with E-state index < -0.39 is 10.0 Å². The molecule has 1 aromatic heterocycles. The summed E-state index contributed by atoms with van der Waals surface area (Å²) in [6, 6.07) is 10.8. The molecule has 8 heteroatoms. The van der Waals surface area contributed by atoms with Crippen LogP contribution in [-0.2, 0) is 20.6 Å². The van der Waals surface area contributed by atoms with Crippen molar-refractivity contribution in [1.82, 2.24) is 9.46 Å². The minimum Gasteiger partial charge on any atom is -0.360 e. The van der Waals surface area contributed by atoms with Gasteiger partial charge in [0.25, 0.3) is 0 Å². The molecular weight excluding hydrogens is 342 g/mol. The molecule has 134 valence electrons. The summed E-state index contributed by atoms with van der Waals surface area (Å²) in [5, 5.41) is 6.45. The smallest absolute Gasteiger partial charge is 0.228 e. The van der Waals surface area contributed by atoms with Crippen molar-refractivity contribution in [2.45, 2.75) is 25.5 Å². The predicted molar refractivity (Wildman–Crippen MR) is 93.2 cm³/mol. The lowest BCUT2D eigenvalue weighted by molar-refractivity contribution is -0.120. The normalized spacial score (nSPS) is 16.7. The van der Waals surface area contributed by atoms with E-state index in [9.17, 15) is 13.2 Å². The van der Waals surface area contributed by atoms with E-state index >= 15 is 0 Å². The van der Waals surface area contributed by atoms with Crippen molar-refractivity contribution in [1.29, 1.82) is 0 Å². The highest BCUT2D eigenvalue weighted by Crippen LogP contribution is 2.23. The molecule has 1 aromatic carbocycles. The number of aryl methyl sites for hydroxylation is 1. The monoisotopic (exact) mass is 363 g/mol. The largest absolute Gasteiger partial charge is 0.360 e. The Labute approximate surface area is 147 Å². The molecule has 1 saturated heterocycles. The molecule has 0 aliphatic carbocycles. The molecule has 1 aliphatic heterocycles. The number of anilines is 1. The molecule has 0 unspecified atom stereocenters. The molecular formula is C17H21N3O4S. The van der Waals surface area contributed by atoms with Gasteiger partial charge in [-0.05, 0) is 25.3 Å². The summed E-state index contributed by atoms with van der Waals surface area (Å²) in [5.41, 5.74) is 0.767. The molecule has 0 radical (unpaired) electrons. The fourth-order valence-electron chi connectivity index (χ4n) is 2.93. The van der Waals surface area contributed by atoms with Crippen LogP contribution < -0.4 is 5.32 Å². The van der Waals surface area contributed by atoms with Gasteiger partial charge in [-0.15, -0.1) is 0 Å². The number of hydrogen-bond donors (Lipinski definition) is 1. The summed E-state index contributed by atoms with van der Waals surface area (Å²) in [5.74, 6) is 0.635.